The predicted octanol–water partition coefficient (Wildman–Crippen LogP) is 3.75. The maximum atomic E-state index is 5.98. The van der Waals surface area contributed by atoms with Gasteiger partial charge in [0.15, 0.2) is 0 Å². The highest BCUT2D eigenvalue weighted by molar-refractivity contribution is 6.18. The average molecular weight is 252 g/mol. The number of likely N-dealkylation sites (tertiary alicyclic amines) is 1. The molecule has 0 radical (unpaired) electrons. The monoisotopic (exact) mass is 251 g/mol. The van der Waals surface area contributed by atoms with E-state index in [4.69, 9.17) is 11.6 Å². The third-order valence-corrected chi connectivity index (χ3v) is 4.28. The molecule has 0 N–H and O–H groups in total. The van der Waals surface area contributed by atoms with Crippen LogP contribution in [0.4, 0.5) is 0 Å². The first-order chi connectivity index (χ1) is 8.20. The van der Waals surface area contributed by atoms with Crippen molar-refractivity contribution >= 4 is 11.6 Å². The molecule has 0 bridgehead atoms. The highest BCUT2D eigenvalue weighted by Crippen LogP contribution is 2.22. The molecular formula is C15H22ClN. The van der Waals surface area contributed by atoms with E-state index in [0.717, 1.165) is 19.0 Å². The predicted molar refractivity (Wildman–Crippen MR) is 74.6 cm³/mol. The van der Waals surface area contributed by atoms with E-state index in [1.165, 1.54) is 36.1 Å². The van der Waals surface area contributed by atoms with Crippen LogP contribution < -0.4 is 0 Å². The third kappa shape index (κ3) is 3.23. The zero-order chi connectivity index (χ0) is 12.3. The number of halogens is 1. The number of nitrogens with zero attached hydrogens (tertiary/aromatic N) is 1. The number of rotatable bonds is 3. The summed E-state index contributed by atoms with van der Waals surface area (Å²) in [5.41, 5.74) is 4.33. The van der Waals surface area contributed by atoms with Crippen molar-refractivity contribution in [1.82, 2.24) is 4.90 Å². The first kappa shape index (κ1) is 12.9. The molecule has 1 fully saturated rings. The van der Waals surface area contributed by atoms with Gasteiger partial charge >= 0.3 is 0 Å². The minimum Gasteiger partial charge on any atom is -0.299 e. The molecule has 94 valence electrons. The minimum absolute atomic E-state index is 0.690. The zero-order valence-electron chi connectivity index (χ0n) is 10.9. The van der Waals surface area contributed by atoms with Crippen molar-refractivity contribution in [1.29, 1.82) is 0 Å². The molecule has 1 aromatic rings. The molecular weight excluding hydrogens is 230 g/mol. The van der Waals surface area contributed by atoms with Gasteiger partial charge in [0.25, 0.3) is 0 Å². The Morgan fingerprint density at radius 3 is 2.65 bits per heavy atom. The number of aryl methyl sites for hydroxylation is 2. The van der Waals surface area contributed by atoms with Crippen LogP contribution in [0.25, 0.3) is 0 Å². The van der Waals surface area contributed by atoms with E-state index in [2.05, 4.69) is 36.9 Å². The Balaban J connectivity index is 2.05. The van der Waals surface area contributed by atoms with Crippen molar-refractivity contribution in [3.8, 4) is 0 Å². The lowest BCUT2D eigenvalue weighted by atomic mass is 9.97. The van der Waals surface area contributed by atoms with Gasteiger partial charge in [-0.25, -0.2) is 0 Å². The number of benzene rings is 1. The molecule has 2 rings (SSSR count). The third-order valence-electron chi connectivity index (χ3n) is 3.85. The van der Waals surface area contributed by atoms with Crippen molar-refractivity contribution in [2.24, 2.45) is 5.92 Å². The van der Waals surface area contributed by atoms with E-state index in [0.29, 0.717) is 5.92 Å². The normalized spacial score (nSPS) is 21.7. The van der Waals surface area contributed by atoms with Gasteiger partial charge < -0.3 is 0 Å². The van der Waals surface area contributed by atoms with E-state index in [1.807, 2.05) is 0 Å². The van der Waals surface area contributed by atoms with Gasteiger partial charge in [0.05, 0.1) is 0 Å². The number of hydrogen-bond donors (Lipinski definition) is 0. The number of hydrogen-bond acceptors (Lipinski definition) is 1. The largest absolute Gasteiger partial charge is 0.299 e. The van der Waals surface area contributed by atoms with Gasteiger partial charge in [0.1, 0.15) is 0 Å². The van der Waals surface area contributed by atoms with Crippen molar-refractivity contribution in [2.45, 2.75) is 33.2 Å². The molecule has 1 nitrogen and oxygen atoms in total. The molecule has 1 heterocycles. The zero-order valence-corrected chi connectivity index (χ0v) is 11.6. The van der Waals surface area contributed by atoms with Crippen LogP contribution >= 0.6 is 11.6 Å². The molecule has 17 heavy (non-hydrogen) atoms. The number of alkyl halides is 1. The van der Waals surface area contributed by atoms with Crippen LogP contribution in [0.5, 0.6) is 0 Å². The van der Waals surface area contributed by atoms with E-state index in [9.17, 15) is 0 Å². The number of piperidine rings is 1. The summed E-state index contributed by atoms with van der Waals surface area (Å²) in [5.74, 6) is 1.50. The topological polar surface area (TPSA) is 3.24 Å². The van der Waals surface area contributed by atoms with Crippen LogP contribution in [-0.4, -0.2) is 23.9 Å². The molecule has 0 aliphatic carbocycles. The van der Waals surface area contributed by atoms with Crippen molar-refractivity contribution in [2.75, 3.05) is 19.0 Å². The van der Waals surface area contributed by atoms with Gasteiger partial charge in [0, 0.05) is 19.0 Å². The Bertz CT molecular complexity index is 355. The highest BCUT2D eigenvalue weighted by Gasteiger charge is 2.19. The van der Waals surface area contributed by atoms with Gasteiger partial charge in [-0.05, 0) is 55.8 Å². The second kappa shape index (κ2) is 5.88. The quantitative estimate of drug-likeness (QED) is 0.740. The van der Waals surface area contributed by atoms with Crippen LogP contribution in [0, 0.1) is 19.8 Å². The lowest BCUT2D eigenvalue weighted by Gasteiger charge is -2.32. The molecule has 0 saturated carbocycles. The fourth-order valence-electron chi connectivity index (χ4n) is 2.74. The summed E-state index contributed by atoms with van der Waals surface area (Å²) in [6.45, 7) is 7.90. The smallest absolute Gasteiger partial charge is 0.0263 e. The Labute approximate surface area is 110 Å². The summed E-state index contributed by atoms with van der Waals surface area (Å²) in [6, 6.07) is 6.57. The summed E-state index contributed by atoms with van der Waals surface area (Å²) < 4.78 is 0. The van der Waals surface area contributed by atoms with Crippen molar-refractivity contribution in [3.63, 3.8) is 0 Å². The summed E-state index contributed by atoms with van der Waals surface area (Å²) in [4.78, 5) is 2.56. The molecule has 0 aromatic heterocycles. The lowest BCUT2D eigenvalue weighted by molar-refractivity contribution is 0.177. The van der Waals surface area contributed by atoms with Gasteiger partial charge in [0.2, 0.25) is 0 Å². The Morgan fingerprint density at radius 2 is 2.00 bits per heavy atom. The average Bonchev–Trinajstić information content (AvgIpc) is 2.34. The van der Waals surface area contributed by atoms with Gasteiger partial charge in [-0.2, -0.15) is 0 Å². The van der Waals surface area contributed by atoms with E-state index >= 15 is 0 Å². The summed E-state index contributed by atoms with van der Waals surface area (Å²) >= 11 is 5.98. The van der Waals surface area contributed by atoms with Crippen LogP contribution in [-0.2, 0) is 6.54 Å². The SMILES string of the molecule is Cc1cccc(C)c1CN1CCCC(CCl)C1. The van der Waals surface area contributed by atoms with Crippen LogP contribution in [0.1, 0.15) is 29.5 Å². The molecule has 0 amide bonds. The standard InChI is InChI=1S/C15H22ClN/c1-12-5-3-6-13(2)15(12)11-17-8-4-7-14(9-16)10-17/h3,5-6,14H,4,7-11H2,1-2H3. The maximum absolute atomic E-state index is 5.98. The second-order valence-electron chi connectivity index (χ2n) is 5.27. The van der Waals surface area contributed by atoms with Gasteiger partial charge in [-0.3, -0.25) is 4.90 Å². The van der Waals surface area contributed by atoms with Crippen molar-refractivity contribution < 1.29 is 0 Å². The van der Waals surface area contributed by atoms with Crippen molar-refractivity contribution in [3.05, 3.63) is 34.9 Å². The summed E-state index contributed by atoms with van der Waals surface area (Å²) in [6.07, 6.45) is 2.59. The molecule has 1 atom stereocenters. The van der Waals surface area contributed by atoms with Crippen LogP contribution in [0.15, 0.2) is 18.2 Å². The fraction of sp³-hybridized carbons (Fsp3) is 0.600. The first-order valence-corrected chi connectivity index (χ1v) is 7.07. The van der Waals surface area contributed by atoms with E-state index in [1.54, 1.807) is 0 Å². The molecule has 1 aromatic carbocycles. The summed E-state index contributed by atoms with van der Waals surface area (Å²) in [5, 5.41) is 0. The first-order valence-electron chi connectivity index (χ1n) is 6.54. The minimum atomic E-state index is 0.690. The van der Waals surface area contributed by atoms with Crippen LogP contribution in [0.2, 0.25) is 0 Å². The second-order valence-corrected chi connectivity index (χ2v) is 5.58. The Hall–Kier alpha value is -0.530. The van der Waals surface area contributed by atoms with Crippen LogP contribution in [0.3, 0.4) is 0 Å². The van der Waals surface area contributed by atoms with Gasteiger partial charge in [-0.15, -0.1) is 11.6 Å². The molecule has 0 spiro atoms. The highest BCUT2D eigenvalue weighted by atomic mass is 35.5. The Kier molecular flexibility index (Phi) is 4.47. The molecule has 1 aliphatic heterocycles. The van der Waals surface area contributed by atoms with E-state index in [-0.39, 0.29) is 0 Å². The lowest BCUT2D eigenvalue weighted by Crippen LogP contribution is -2.35. The maximum Gasteiger partial charge on any atom is 0.0263 e. The Morgan fingerprint density at radius 1 is 1.29 bits per heavy atom. The van der Waals surface area contributed by atoms with E-state index < -0.39 is 0 Å². The molecule has 2 heteroatoms. The molecule has 1 aliphatic rings. The summed E-state index contributed by atoms with van der Waals surface area (Å²) in [7, 11) is 0. The molecule has 1 unspecified atom stereocenters. The van der Waals surface area contributed by atoms with Gasteiger partial charge in [-0.1, -0.05) is 18.2 Å². The fourth-order valence-corrected chi connectivity index (χ4v) is 2.99. The molecule has 1 saturated heterocycles.